The maximum Gasteiger partial charge on any atom is 0.460 e. The predicted octanol–water partition coefficient (Wildman–Crippen LogP) is 5.82. The first-order chi connectivity index (χ1) is 11.5. The molecule has 0 radical (unpaired) electrons. The zero-order valence-corrected chi connectivity index (χ0v) is 11.8. The molecular weight excluding hydrogens is 440 g/mol. The minimum Gasteiger partial charge on any atom is -0.463 e. The van der Waals surface area contributed by atoms with Crippen LogP contribution in [0.2, 0.25) is 0 Å². The molecule has 0 aromatic carbocycles. The summed E-state index contributed by atoms with van der Waals surface area (Å²) in [6.07, 6.45) is -13.1. The summed E-state index contributed by atoms with van der Waals surface area (Å²) >= 11 is 0. The molecule has 1 atom stereocenters. The largest absolute Gasteiger partial charge is 0.463 e. The monoisotopic (exact) mass is 444 g/mol. The fourth-order valence-corrected chi connectivity index (χ4v) is 1.29. The second-order valence-electron chi connectivity index (χ2n) is 4.61. The Labute approximate surface area is 137 Å². The van der Waals surface area contributed by atoms with Crippen molar-refractivity contribution in [3.8, 4) is 0 Å². The van der Waals surface area contributed by atoms with Crippen molar-refractivity contribution in [2.75, 3.05) is 0 Å². The molecule has 17 heteroatoms. The van der Waals surface area contributed by atoms with Gasteiger partial charge in [0, 0.05) is 0 Å². The van der Waals surface area contributed by atoms with E-state index >= 15 is 0 Å². The average Bonchev–Trinajstić information content (AvgIpc) is 2.45. The second kappa shape index (κ2) is 6.49. The van der Waals surface area contributed by atoms with E-state index in [4.69, 9.17) is 0 Å². The van der Waals surface area contributed by atoms with E-state index in [-0.39, 0.29) is 0 Å². The Kier molecular flexibility index (Phi) is 6.11. The molecule has 0 bridgehead atoms. The number of rotatable bonds is 8. The highest BCUT2D eigenvalue weighted by Gasteiger charge is 2.94. The van der Waals surface area contributed by atoms with Crippen LogP contribution in [-0.2, 0) is 4.74 Å². The molecular formula is C10H4F16O. The molecule has 0 aromatic heterocycles. The van der Waals surface area contributed by atoms with E-state index in [0.29, 0.717) is 0 Å². The zero-order chi connectivity index (χ0) is 22.5. The topological polar surface area (TPSA) is 9.23 Å². The molecule has 0 aromatic rings. The molecule has 1 nitrogen and oxygen atoms in total. The Morgan fingerprint density at radius 1 is 0.556 bits per heavy atom. The van der Waals surface area contributed by atoms with Gasteiger partial charge in [-0.2, -0.15) is 70.2 Å². The van der Waals surface area contributed by atoms with E-state index in [0.717, 1.165) is 0 Å². The van der Waals surface area contributed by atoms with E-state index in [9.17, 15) is 70.2 Å². The van der Waals surface area contributed by atoms with Crippen LogP contribution in [0.1, 0.15) is 0 Å². The van der Waals surface area contributed by atoms with Gasteiger partial charge in [-0.15, -0.1) is 0 Å². The summed E-state index contributed by atoms with van der Waals surface area (Å²) in [6, 6.07) is 0. The number of alkyl halides is 16. The molecule has 0 saturated carbocycles. The first-order valence-electron chi connectivity index (χ1n) is 5.72. The normalized spacial score (nSPS) is 16.9. The summed E-state index contributed by atoms with van der Waals surface area (Å²) in [5, 5.41) is 0. The lowest BCUT2D eigenvalue weighted by molar-refractivity contribution is -0.458. The third kappa shape index (κ3) is 3.25. The van der Waals surface area contributed by atoms with Crippen molar-refractivity contribution in [2.45, 2.75) is 48.1 Å². The third-order valence-corrected chi connectivity index (χ3v) is 2.85. The van der Waals surface area contributed by atoms with Crippen LogP contribution in [0.5, 0.6) is 0 Å². The zero-order valence-electron chi connectivity index (χ0n) is 11.8. The van der Waals surface area contributed by atoms with Crippen molar-refractivity contribution in [2.24, 2.45) is 0 Å². The molecule has 162 valence electrons. The number of halogens is 16. The van der Waals surface area contributed by atoms with Crippen LogP contribution < -0.4 is 0 Å². The summed E-state index contributed by atoms with van der Waals surface area (Å²) in [5.74, 6) is -48.3. The molecule has 0 N–H and O–H groups in total. The summed E-state index contributed by atoms with van der Waals surface area (Å²) in [6.45, 7) is 2.29. The van der Waals surface area contributed by atoms with Crippen LogP contribution in [0.4, 0.5) is 70.2 Å². The molecule has 0 rings (SSSR count). The highest BCUT2D eigenvalue weighted by atomic mass is 19.4. The van der Waals surface area contributed by atoms with Gasteiger partial charge in [0.1, 0.15) is 0 Å². The van der Waals surface area contributed by atoms with E-state index < -0.39 is 54.3 Å². The molecule has 0 heterocycles. The van der Waals surface area contributed by atoms with Crippen molar-refractivity contribution in [3.05, 3.63) is 12.8 Å². The van der Waals surface area contributed by atoms with Gasteiger partial charge < -0.3 is 4.74 Å². The molecule has 0 spiro atoms. The van der Waals surface area contributed by atoms with Gasteiger partial charge in [-0.25, -0.2) is 0 Å². The standard InChI is InChI=1S/C10H4F16O/c1-2-27-3(11)4(12,13)5(14,15)6(16,17)7(18,19)8(20,21)9(22,23)10(24,25)26/h2-3H,1H2. The third-order valence-electron chi connectivity index (χ3n) is 2.85. The molecule has 0 aliphatic rings. The predicted molar refractivity (Wildman–Crippen MR) is 51.9 cm³/mol. The average molecular weight is 444 g/mol. The van der Waals surface area contributed by atoms with E-state index in [1.807, 2.05) is 0 Å². The first kappa shape index (κ1) is 25.4. The van der Waals surface area contributed by atoms with Crippen molar-refractivity contribution in [1.82, 2.24) is 0 Å². The lowest BCUT2D eigenvalue weighted by atomic mass is 9.91. The minimum absolute atomic E-state index is 0.447. The molecule has 1 unspecified atom stereocenters. The lowest BCUT2D eigenvalue weighted by Gasteiger charge is -2.41. The highest BCUT2D eigenvalue weighted by Crippen LogP contribution is 2.62. The van der Waals surface area contributed by atoms with E-state index in [1.165, 1.54) is 0 Å². The quantitative estimate of drug-likeness (QED) is 0.339. The van der Waals surface area contributed by atoms with Gasteiger partial charge in [-0.3, -0.25) is 0 Å². The number of ether oxygens (including phenoxy) is 1. The van der Waals surface area contributed by atoms with Crippen molar-refractivity contribution >= 4 is 0 Å². The van der Waals surface area contributed by atoms with Gasteiger partial charge >= 0.3 is 48.1 Å². The van der Waals surface area contributed by atoms with Crippen molar-refractivity contribution in [1.29, 1.82) is 0 Å². The lowest BCUT2D eigenvalue weighted by Crippen LogP contribution is -2.73. The fourth-order valence-electron chi connectivity index (χ4n) is 1.29. The summed E-state index contributed by atoms with van der Waals surface area (Å²) in [7, 11) is 0. The van der Waals surface area contributed by atoms with Crippen LogP contribution in [0.25, 0.3) is 0 Å². The van der Waals surface area contributed by atoms with Crippen molar-refractivity contribution in [3.63, 3.8) is 0 Å². The Morgan fingerprint density at radius 2 is 0.852 bits per heavy atom. The Morgan fingerprint density at radius 3 is 1.15 bits per heavy atom. The Bertz CT molecular complexity index is 546. The van der Waals surface area contributed by atoms with E-state index in [2.05, 4.69) is 11.3 Å². The molecule has 0 aliphatic carbocycles. The van der Waals surface area contributed by atoms with Crippen LogP contribution >= 0.6 is 0 Å². The van der Waals surface area contributed by atoms with Crippen molar-refractivity contribution < 1.29 is 75.0 Å². The first-order valence-corrected chi connectivity index (χ1v) is 5.72. The molecule has 0 saturated heterocycles. The van der Waals surface area contributed by atoms with Gasteiger partial charge in [0.2, 0.25) is 0 Å². The van der Waals surface area contributed by atoms with Crippen LogP contribution in [0, 0.1) is 0 Å². The smallest absolute Gasteiger partial charge is 0.460 e. The SMILES string of the molecule is C=COC(F)C(F)(F)C(F)(F)C(F)(F)C(F)(F)C(F)(F)C(F)(F)C(F)(F)F. The number of hydrogen-bond donors (Lipinski definition) is 0. The maximum absolute atomic E-state index is 13.1. The van der Waals surface area contributed by atoms with Gasteiger partial charge in [0.05, 0.1) is 6.26 Å². The Hall–Kier alpha value is -1.58. The molecule has 0 aliphatic heterocycles. The number of hydrogen-bond acceptors (Lipinski definition) is 1. The highest BCUT2D eigenvalue weighted by molar-refractivity contribution is 5.13. The summed E-state index contributed by atoms with van der Waals surface area (Å²) in [4.78, 5) is 0. The van der Waals surface area contributed by atoms with E-state index in [1.54, 1.807) is 0 Å². The fraction of sp³-hybridized carbons (Fsp3) is 0.800. The van der Waals surface area contributed by atoms with Gasteiger partial charge in [-0.1, -0.05) is 6.58 Å². The van der Waals surface area contributed by atoms with Gasteiger partial charge in [-0.05, 0) is 0 Å². The molecule has 0 fully saturated rings. The molecule has 27 heavy (non-hydrogen) atoms. The second-order valence-corrected chi connectivity index (χ2v) is 4.61. The van der Waals surface area contributed by atoms with Crippen LogP contribution in [0.3, 0.4) is 0 Å². The molecule has 0 amide bonds. The summed E-state index contributed by atoms with van der Waals surface area (Å²) < 4.78 is 206. The van der Waals surface area contributed by atoms with Gasteiger partial charge in [0.15, 0.2) is 0 Å². The van der Waals surface area contributed by atoms with Crippen LogP contribution in [0.15, 0.2) is 12.8 Å². The van der Waals surface area contributed by atoms with Gasteiger partial charge in [0.25, 0.3) is 0 Å². The van der Waals surface area contributed by atoms with Crippen LogP contribution in [-0.4, -0.2) is 48.1 Å². The maximum atomic E-state index is 13.1. The minimum atomic E-state index is -8.46. The summed E-state index contributed by atoms with van der Waals surface area (Å²) in [5.41, 5.74) is 0. The Balaban J connectivity index is 6.51.